The SMILES string of the molecule is Cc1[nH]c2ccccc2c1C(=O)CC1CCCNC1. The Morgan fingerprint density at radius 3 is 3.00 bits per heavy atom. The van der Waals surface area contributed by atoms with Gasteiger partial charge in [-0.1, -0.05) is 18.2 Å². The van der Waals surface area contributed by atoms with Crippen molar-refractivity contribution in [1.82, 2.24) is 10.3 Å². The van der Waals surface area contributed by atoms with Crippen molar-refractivity contribution in [2.24, 2.45) is 5.92 Å². The molecule has 0 saturated carbocycles. The van der Waals surface area contributed by atoms with Crippen molar-refractivity contribution < 1.29 is 4.79 Å². The number of aromatic nitrogens is 1. The molecule has 100 valence electrons. The van der Waals surface area contributed by atoms with Gasteiger partial charge >= 0.3 is 0 Å². The number of fused-ring (bicyclic) bond motifs is 1. The Morgan fingerprint density at radius 2 is 2.21 bits per heavy atom. The number of rotatable bonds is 3. The van der Waals surface area contributed by atoms with Crippen LogP contribution in [-0.2, 0) is 0 Å². The number of hydrogen-bond donors (Lipinski definition) is 2. The molecule has 1 saturated heterocycles. The van der Waals surface area contributed by atoms with Crippen molar-refractivity contribution >= 4 is 16.7 Å². The second-order valence-corrected chi connectivity index (χ2v) is 5.51. The topological polar surface area (TPSA) is 44.9 Å². The maximum absolute atomic E-state index is 12.6. The van der Waals surface area contributed by atoms with Gasteiger partial charge in [0.2, 0.25) is 0 Å². The first-order valence-electron chi connectivity index (χ1n) is 7.07. The molecule has 3 heteroatoms. The lowest BCUT2D eigenvalue weighted by Crippen LogP contribution is -2.31. The van der Waals surface area contributed by atoms with Crippen molar-refractivity contribution in [3.05, 3.63) is 35.5 Å². The van der Waals surface area contributed by atoms with Crippen LogP contribution in [0.1, 0.15) is 35.3 Å². The third-order valence-corrected chi connectivity index (χ3v) is 4.05. The predicted molar refractivity (Wildman–Crippen MR) is 77.6 cm³/mol. The monoisotopic (exact) mass is 256 g/mol. The Bertz CT molecular complexity index is 594. The molecule has 1 unspecified atom stereocenters. The molecule has 2 aromatic rings. The van der Waals surface area contributed by atoms with E-state index in [1.54, 1.807) is 0 Å². The molecule has 3 nitrogen and oxygen atoms in total. The number of aromatic amines is 1. The first kappa shape index (κ1) is 12.4. The Morgan fingerprint density at radius 1 is 1.37 bits per heavy atom. The van der Waals surface area contributed by atoms with Crippen molar-refractivity contribution in [2.75, 3.05) is 13.1 Å². The second-order valence-electron chi connectivity index (χ2n) is 5.51. The van der Waals surface area contributed by atoms with Gasteiger partial charge in [-0.2, -0.15) is 0 Å². The highest BCUT2D eigenvalue weighted by atomic mass is 16.1. The first-order valence-corrected chi connectivity index (χ1v) is 7.07. The van der Waals surface area contributed by atoms with Crippen LogP contribution < -0.4 is 5.32 Å². The molecule has 0 bridgehead atoms. The smallest absolute Gasteiger partial charge is 0.165 e. The highest BCUT2D eigenvalue weighted by molar-refractivity contribution is 6.09. The Balaban J connectivity index is 1.86. The Kier molecular flexibility index (Phi) is 3.38. The molecule has 2 heterocycles. The third-order valence-electron chi connectivity index (χ3n) is 4.05. The molecule has 1 fully saturated rings. The van der Waals surface area contributed by atoms with Crippen molar-refractivity contribution in [1.29, 1.82) is 0 Å². The van der Waals surface area contributed by atoms with E-state index < -0.39 is 0 Å². The van der Waals surface area contributed by atoms with Crippen molar-refractivity contribution in [3.8, 4) is 0 Å². The van der Waals surface area contributed by atoms with Crippen LogP contribution in [0.15, 0.2) is 24.3 Å². The molecule has 0 radical (unpaired) electrons. The fourth-order valence-electron chi connectivity index (χ4n) is 3.10. The van der Waals surface area contributed by atoms with Gasteiger partial charge < -0.3 is 10.3 Å². The van der Waals surface area contributed by atoms with Gasteiger partial charge in [-0.25, -0.2) is 0 Å². The zero-order valence-corrected chi connectivity index (χ0v) is 11.3. The van der Waals surface area contributed by atoms with E-state index in [-0.39, 0.29) is 5.78 Å². The number of aryl methyl sites for hydroxylation is 1. The molecule has 0 aliphatic carbocycles. The van der Waals surface area contributed by atoms with Gasteiger partial charge in [0.25, 0.3) is 0 Å². The lowest BCUT2D eigenvalue weighted by atomic mass is 9.91. The van der Waals surface area contributed by atoms with Gasteiger partial charge in [0.15, 0.2) is 5.78 Å². The van der Waals surface area contributed by atoms with E-state index in [1.807, 2.05) is 31.2 Å². The fraction of sp³-hybridized carbons (Fsp3) is 0.438. The number of para-hydroxylation sites is 1. The largest absolute Gasteiger partial charge is 0.358 e. The lowest BCUT2D eigenvalue weighted by molar-refractivity contribution is 0.0955. The zero-order chi connectivity index (χ0) is 13.2. The normalized spacial score (nSPS) is 19.7. The molecule has 0 amide bonds. The molecule has 1 aromatic carbocycles. The predicted octanol–water partition coefficient (Wildman–Crippen LogP) is 3.05. The summed E-state index contributed by atoms with van der Waals surface area (Å²) in [6.45, 7) is 4.07. The van der Waals surface area contributed by atoms with E-state index in [1.165, 1.54) is 12.8 Å². The summed E-state index contributed by atoms with van der Waals surface area (Å²) in [4.78, 5) is 15.9. The van der Waals surface area contributed by atoms with E-state index in [0.29, 0.717) is 12.3 Å². The molecular formula is C16H20N2O. The van der Waals surface area contributed by atoms with Crippen LogP contribution in [0.25, 0.3) is 10.9 Å². The number of ketones is 1. The van der Waals surface area contributed by atoms with E-state index in [2.05, 4.69) is 10.3 Å². The third kappa shape index (κ3) is 2.43. The van der Waals surface area contributed by atoms with Crippen LogP contribution in [0.4, 0.5) is 0 Å². The van der Waals surface area contributed by atoms with Gasteiger partial charge in [-0.05, 0) is 44.8 Å². The number of H-pyrrole nitrogens is 1. The molecule has 2 N–H and O–H groups in total. The molecule has 1 aliphatic rings. The van der Waals surface area contributed by atoms with Gasteiger partial charge in [0.1, 0.15) is 0 Å². The summed E-state index contributed by atoms with van der Waals surface area (Å²) in [5, 5.41) is 4.44. The number of piperidine rings is 1. The minimum absolute atomic E-state index is 0.281. The molecule has 1 aromatic heterocycles. The highest BCUT2D eigenvalue weighted by Crippen LogP contribution is 2.25. The summed E-state index contributed by atoms with van der Waals surface area (Å²) in [6, 6.07) is 8.05. The summed E-state index contributed by atoms with van der Waals surface area (Å²) in [5.74, 6) is 0.776. The Labute approximate surface area is 113 Å². The van der Waals surface area contributed by atoms with E-state index in [9.17, 15) is 4.79 Å². The number of Topliss-reactive ketones (excluding diaryl/α,β-unsaturated/α-hetero) is 1. The summed E-state index contributed by atoms with van der Waals surface area (Å²) < 4.78 is 0. The van der Waals surface area contributed by atoms with Crippen molar-refractivity contribution in [3.63, 3.8) is 0 Å². The summed E-state index contributed by atoms with van der Waals surface area (Å²) >= 11 is 0. The number of hydrogen-bond acceptors (Lipinski definition) is 2. The number of benzene rings is 1. The maximum atomic E-state index is 12.6. The number of carbonyl (C=O) groups is 1. The quantitative estimate of drug-likeness (QED) is 0.829. The van der Waals surface area contributed by atoms with Crippen LogP contribution in [0, 0.1) is 12.8 Å². The first-order chi connectivity index (χ1) is 9.25. The number of nitrogens with one attached hydrogen (secondary N) is 2. The average molecular weight is 256 g/mol. The van der Waals surface area contributed by atoms with Gasteiger partial charge in [0, 0.05) is 28.6 Å². The van der Waals surface area contributed by atoms with Gasteiger partial charge in [0.05, 0.1) is 0 Å². The summed E-state index contributed by atoms with van der Waals surface area (Å²) in [7, 11) is 0. The van der Waals surface area contributed by atoms with Crippen LogP contribution >= 0.6 is 0 Å². The molecule has 3 rings (SSSR count). The summed E-state index contributed by atoms with van der Waals surface area (Å²) in [5.41, 5.74) is 2.95. The van der Waals surface area contributed by atoms with Crippen LogP contribution in [-0.4, -0.2) is 23.9 Å². The van der Waals surface area contributed by atoms with Crippen molar-refractivity contribution in [2.45, 2.75) is 26.2 Å². The Hall–Kier alpha value is -1.61. The minimum Gasteiger partial charge on any atom is -0.358 e. The molecule has 1 atom stereocenters. The second kappa shape index (κ2) is 5.17. The van der Waals surface area contributed by atoms with Gasteiger partial charge in [-0.15, -0.1) is 0 Å². The van der Waals surface area contributed by atoms with Crippen LogP contribution in [0.5, 0.6) is 0 Å². The maximum Gasteiger partial charge on any atom is 0.165 e. The zero-order valence-electron chi connectivity index (χ0n) is 11.3. The standard InChI is InChI=1S/C16H20N2O/c1-11-16(13-6-2-3-7-14(13)18-11)15(19)9-12-5-4-8-17-10-12/h2-3,6-7,12,17-18H,4-5,8-10H2,1H3. The summed E-state index contributed by atoms with van der Waals surface area (Å²) in [6.07, 6.45) is 3.01. The minimum atomic E-state index is 0.281. The fourth-order valence-corrected chi connectivity index (χ4v) is 3.10. The molecule has 19 heavy (non-hydrogen) atoms. The lowest BCUT2D eigenvalue weighted by Gasteiger charge is -2.21. The van der Waals surface area contributed by atoms with E-state index >= 15 is 0 Å². The van der Waals surface area contributed by atoms with Crippen LogP contribution in [0.2, 0.25) is 0 Å². The highest BCUT2D eigenvalue weighted by Gasteiger charge is 2.21. The molecule has 1 aliphatic heterocycles. The number of carbonyl (C=O) groups excluding carboxylic acids is 1. The molecule has 0 spiro atoms. The average Bonchev–Trinajstić information content (AvgIpc) is 2.75. The van der Waals surface area contributed by atoms with Crippen LogP contribution in [0.3, 0.4) is 0 Å². The van der Waals surface area contributed by atoms with E-state index in [4.69, 9.17) is 0 Å². The van der Waals surface area contributed by atoms with Gasteiger partial charge in [-0.3, -0.25) is 4.79 Å². The molecular weight excluding hydrogens is 236 g/mol. The van der Waals surface area contributed by atoms with E-state index in [0.717, 1.165) is 35.2 Å².